The molecule has 0 aliphatic heterocycles. The van der Waals surface area contributed by atoms with Crippen molar-refractivity contribution in [3.05, 3.63) is 50.9 Å². The van der Waals surface area contributed by atoms with Crippen LogP contribution in [0.2, 0.25) is 0 Å². The van der Waals surface area contributed by atoms with E-state index in [1.54, 1.807) is 18.2 Å². The van der Waals surface area contributed by atoms with Gasteiger partial charge in [-0.3, -0.25) is 9.59 Å². The molecule has 92 valence electrons. The molecule has 18 heavy (non-hydrogen) atoms. The van der Waals surface area contributed by atoms with Crippen LogP contribution >= 0.6 is 15.9 Å². The largest absolute Gasteiger partial charge is 0.399 e. The molecule has 7 heteroatoms. The van der Waals surface area contributed by atoms with Gasteiger partial charge in [-0.15, -0.1) is 0 Å². The average molecular weight is 309 g/mol. The van der Waals surface area contributed by atoms with Crippen LogP contribution in [0.3, 0.4) is 0 Å². The maximum Gasteiger partial charge on any atom is 0.276 e. The minimum Gasteiger partial charge on any atom is -0.399 e. The monoisotopic (exact) mass is 308 g/mol. The summed E-state index contributed by atoms with van der Waals surface area (Å²) >= 11 is 3.29. The van der Waals surface area contributed by atoms with Gasteiger partial charge in [0.2, 0.25) is 0 Å². The first-order valence-electron chi connectivity index (χ1n) is 4.98. The lowest BCUT2D eigenvalue weighted by molar-refractivity contribution is 0.102. The summed E-state index contributed by atoms with van der Waals surface area (Å²) < 4.78 is 0.703. The first-order chi connectivity index (χ1) is 8.56. The number of benzene rings is 1. The molecule has 6 nitrogen and oxygen atoms in total. The van der Waals surface area contributed by atoms with E-state index in [4.69, 9.17) is 5.73 Å². The standard InChI is InChI=1S/C11H9BrN4O2/c12-7-2-1-6(13)5-9(7)14-11(18)8-3-4-10(17)16-15-8/h1-5H,13H2,(H,14,18)(H,16,17). The molecule has 0 atom stereocenters. The van der Waals surface area contributed by atoms with Crippen LogP contribution in [0.4, 0.5) is 11.4 Å². The van der Waals surface area contributed by atoms with Crippen molar-refractivity contribution < 1.29 is 4.79 Å². The van der Waals surface area contributed by atoms with Crippen LogP contribution in [0, 0.1) is 0 Å². The van der Waals surface area contributed by atoms with Gasteiger partial charge in [0.1, 0.15) is 5.69 Å². The van der Waals surface area contributed by atoms with Gasteiger partial charge < -0.3 is 11.1 Å². The first-order valence-corrected chi connectivity index (χ1v) is 5.77. The van der Waals surface area contributed by atoms with Gasteiger partial charge >= 0.3 is 0 Å². The summed E-state index contributed by atoms with van der Waals surface area (Å²) in [7, 11) is 0. The maximum atomic E-state index is 11.8. The molecule has 0 aliphatic carbocycles. The second kappa shape index (κ2) is 5.01. The second-order valence-electron chi connectivity index (χ2n) is 3.50. The molecule has 0 aliphatic rings. The zero-order chi connectivity index (χ0) is 13.1. The molecule has 4 N–H and O–H groups in total. The molecule has 2 aromatic rings. The van der Waals surface area contributed by atoms with E-state index in [0.29, 0.717) is 15.8 Å². The predicted molar refractivity (Wildman–Crippen MR) is 71.4 cm³/mol. The van der Waals surface area contributed by atoms with Crippen LogP contribution in [0.1, 0.15) is 10.5 Å². The van der Waals surface area contributed by atoms with Crippen molar-refractivity contribution in [1.82, 2.24) is 10.2 Å². The van der Waals surface area contributed by atoms with Crippen LogP contribution < -0.4 is 16.6 Å². The number of anilines is 2. The Morgan fingerprint density at radius 2 is 2.11 bits per heavy atom. The Hall–Kier alpha value is -2.15. The number of nitrogens with two attached hydrogens (primary N) is 1. The van der Waals surface area contributed by atoms with Gasteiger partial charge in [0, 0.05) is 16.2 Å². The molecule has 0 saturated carbocycles. The molecule has 1 heterocycles. The summed E-state index contributed by atoms with van der Waals surface area (Å²) in [5.74, 6) is -0.433. The molecule has 0 saturated heterocycles. The number of halogens is 1. The van der Waals surface area contributed by atoms with E-state index in [1.165, 1.54) is 12.1 Å². The fraction of sp³-hybridized carbons (Fsp3) is 0. The number of aromatic amines is 1. The first kappa shape index (κ1) is 12.3. The van der Waals surface area contributed by atoms with Crippen molar-refractivity contribution in [2.45, 2.75) is 0 Å². The molecule has 0 spiro atoms. The predicted octanol–water partition coefficient (Wildman–Crippen LogP) is 1.37. The summed E-state index contributed by atoms with van der Waals surface area (Å²) in [5, 5.41) is 8.46. The number of nitrogen functional groups attached to an aromatic ring is 1. The topological polar surface area (TPSA) is 101 Å². The summed E-state index contributed by atoms with van der Waals surface area (Å²) in [4.78, 5) is 22.7. The van der Waals surface area contributed by atoms with Crippen LogP contribution in [0.5, 0.6) is 0 Å². The molecule has 0 fully saturated rings. The van der Waals surface area contributed by atoms with Gasteiger partial charge in [0.15, 0.2) is 0 Å². The van der Waals surface area contributed by atoms with Crippen LogP contribution in [0.25, 0.3) is 0 Å². The van der Waals surface area contributed by atoms with Crippen molar-refractivity contribution in [2.75, 3.05) is 11.1 Å². The van der Waals surface area contributed by atoms with Gasteiger partial charge in [0.25, 0.3) is 11.5 Å². The molecule has 0 unspecified atom stereocenters. The number of hydrogen-bond donors (Lipinski definition) is 3. The molecule has 2 rings (SSSR count). The fourth-order valence-electron chi connectivity index (χ4n) is 1.30. The van der Waals surface area contributed by atoms with Gasteiger partial charge in [-0.1, -0.05) is 0 Å². The van der Waals surface area contributed by atoms with Crippen molar-refractivity contribution in [1.29, 1.82) is 0 Å². The highest BCUT2D eigenvalue weighted by Crippen LogP contribution is 2.24. The maximum absolute atomic E-state index is 11.8. The number of rotatable bonds is 2. The lowest BCUT2D eigenvalue weighted by Gasteiger charge is -2.07. The Balaban J connectivity index is 2.23. The Bertz CT molecular complexity index is 633. The lowest BCUT2D eigenvalue weighted by Crippen LogP contribution is -2.17. The molecular weight excluding hydrogens is 300 g/mol. The summed E-state index contributed by atoms with van der Waals surface area (Å²) in [6.45, 7) is 0. The van der Waals surface area contributed by atoms with E-state index in [-0.39, 0.29) is 11.3 Å². The number of nitrogens with one attached hydrogen (secondary N) is 2. The number of carbonyl (C=O) groups is 1. The second-order valence-corrected chi connectivity index (χ2v) is 4.35. The molecule has 0 radical (unpaired) electrons. The highest BCUT2D eigenvalue weighted by molar-refractivity contribution is 9.10. The zero-order valence-corrected chi connectivity index (χ0v) is 10.7. The summed E-state index contributed by atoms with van der Waals surface area (Å²) in [6.07, 6.45) is 0. The minimum atomic E-state index is -0.433. The van der Waals surface area contributed by atoms with E-state index < -0.39 is 5.91 Å². The van der Waals surface area contributed by atoms with Crippen LogP contribution in [-0.2, 0) is 0 Å². The summed E-state index contributed by atoms with van der Waals surface area (Å²) in [6, 6.07) is 7.63. The van der Waals surface area contributed by atoms with Crippen LogP contribution in [-0.4, -0.2) is 16.1 Å². The van der Waals surface area contributed by atoms with E-state index >= 15 is 0 Å². The third kappa shape index (κ3) is 2.75. The number of H-pyrrole nitrogens is 1. The number of amides is 1. The minimum absolute atomic E-state index is 0.115. The van der Waals surface area contributed by atoms with E-state index in [2.05, 4.69) is 31.4 Å². The number of hydrogen-bond acceptors (Lipinski definition) is 4. The Morgan fingerprint density at radius 1 is 1.33 bits per heavy atom. The van der Waals surface area contributed by atoms with Crippen molar-refractivity contribution >= 4 is 33.2 Å². The molecule has 1 aromatic carbocycles. The van der Waals surface area contributed by atoms with Gasteiger partial charge in [0.05, 0.1) is 5.69 Å². The van der Waals surface area contributed by atoms with Gasteiger partial charge in [-0.05, 0) is 40.2 Å². The number of carbonyl (C=O) groups excluding carboxylic acids is 1. The lowest BCUT2D eigenvalue weighted by atomic mass is 10.2. The van der Waals surface area contributed by atoms with Gasteiger partial charge in [-0.2, -0.15) is 5.10 Å². The Morgan fingerprint density at radius 3 is 2.78 bits per heavy atom. The molecule has 1 amide bonds. The normalized spacial score (nSPS) is 10.1. The van der Waals surface area contributed by atoms with E-state index in [9.17, 15) is 9.59 Å². The van der Waals surface area contributed by atoms with Crippen molar-refractivity contribution in [2.24, 2.45) is 0 Å². The quantitative estimate of drug-likeness (QED) is 0.729. The van der Waals surface area contributed by atoms with E-state index in [1.807, 2.05) is 0 Å². The van der Waals surface area contributed by atoms with Crippen LogP contribution in [0.15, 0.2) is 39.6 Å². The van der Waals surface area contributed by atoms with Crippen molar-refractivity contribution in [3.8, 4) is 0 Å². The molecule has 0 bridgehead atoms. The van der Waals surface area contributed by atoms with Crippen molar-refractivity contribution in [3.63, 3.8) is 0 Å². The molecular formula is C11H9BrN4O2. The van der Waals surface area contributed by atoms with E-state index in [0.717, 1.165) is 0 Å². The number of nitrogens with zero attached hydrogens (tertiary/aromatic N) is 1. The SMILES string of the molecule is Nc1ccc(Br)c(NC(=O)c2ccc(=O)[nH]n2)c1. The number of aromatic nitrogens is 2. The highest BCUT2D eigenvalue weighted by atomic mass is 79.9. The highest BCUT2D eigenvalue weighted by Gasteiger charge is 2.09. The smallest absolute Gasteiger partial charge is 0.276 e. The average Bonchev–Trinajstić information content (AvgIpc) is 2.34. The fourth-order valence-corrected chi connectivity index (χ4v) is 1.64. The zero-order valence-electron chi connectivity index (χ0n) is 9.11. The summed E-state index contributed by atoms with van der Waals surface area (Å²) in [5.41, 5.74) is 6.44. The Labute approximate surface area is 110 Å². The third-order valence-electron chi connectivity index (χ3n) is 2.15. The third-order valence-corrected chi connectivity index (χ3v) is 2.84. The van der Waals surface area contributed by atoms with Gasteiger partial charge in [-0.25, -0.2) is 5.10 Å². The molecule has 1 aromatic heterocycles. The Kier molecular flexibility index (Phi) is 3.42.